The second-order valence-corrected chi connectivity index (χ2v) is 4.60. The number of esters is 1. The van der Waals surface area contributed by atoms with Gasteiger partial charge in [-0.05, 0) is 24.6 Å². The lowest BCUT2D eigenvalue weighted by Crippen LogP contribution is -2.39. The predicted molar refractivity (Wildman–Crippen MR) is 68.3 cm³/mol. The molecule has 1 aliphatic heterocycles. The summed E-state index contributed by atoms with van der Waals surface area (Å²) in [7, 11) is 0. The van der Waals surface area contributed by atoms with E-state index >= 15 is 0 Å². The number of allylic oxidation sites excluding steroid dienone is 1. The fraction of sp³-hybridized carbons (Fsp3) is 0.267. The van der Waals surface area contributed by atoms with Gasteiger partial charge in [0.05, 0.1) is 0 Å². The van der Waals surface area contributed by atoms with E-state index in [0.717, 1.165) is 5.57 Å². The quantitative estimate of drug-likeness (QED) is 0.518. The maximum Gasteiger partial charge on any atom is 0.346 e. The van der Waals surface area contributed by atoms with E-state index in [-0.39, 0.29) is 0 Å². The lowest BCUT2D eigenvalue weighted by atomic mass is 10.0. The zero-order valence-electron chi connectivity index (χ0n) is 10.7. The molecule has 18 heavy (non-hydrogen) atoms. The number of hydrogen-bond donors (Lipinski definition) is 0. The van der Waals surface area contributed by atoms with Crippen molar-refractivity contribution in [3.05, 3.63) is 41.5 Å². The number of carbonyl (C=O) groups excluding carboxylic acids is 1. The number of cyclic esters (lactones) is 1. The van der Waals surface area contributed by atoms with Crippen LogP contribution in [0.2, 0.25) is 0 Å². The molecule has 0 saturated carbocycles. The van der Waals surface area contributed by atoms with Gasteiger partial charge in [0.1, 0.15) is 11.3 Å². The lowest BCUT2D eigenvalue weighted by molar-refractivity contribution is -0.127. The fourth-order valence-corrected chi connectivity index (χ4v) is 1.66. The van der Waals surface area contributed by atoms with Crippen LogP contribution in [-0.2, 0) is 4.74 Å². The third-order valence-corrected chi connectivity index (χ3v) is 2.34. The first-order valence-electron chi connectivity index (χ1n) is 5.62. The Labute approximate surface area is 106 Å². The Hall–Kier alpha value is -2.21. The third-order valence-electron chi connectivity index (χ3n) is 2.34. The van der Waals surface area contributed by atoms with Crippen molar-refractivity contribution in [2.45, 2.75) is 26.6 Å². The smallest absolute Gasteiger partial charge is 0.346 e. The number of hydrogen-bond acceptors (Lipinski definition) is 3. The zero-order chi connectivity index (χ0) is 13.3. The van der Waals surface area contributed by atoms with E-state index in [1.807, 2.05) is 0 Å². The Kier molecular flexibility index (Phi) is 2.88. The minimum atomic E-state index is -0.940. The molecule has 0 N–H and O–H groups in total. The summed E-state index contributed by atoms with van der Waals surface area (Å²) in [5, 5.41) is 0. The van der Waals surface area contributed by atoms with E-state index in [2.05, 4.69) is 18.4 Å². The van der Waals surface area contributed by atoms with Gasteiger partial charge in [-0.25, -0.2) is 4.79 Å². The summed E-state index contributed by atoms with van der Waals surface area (Å²) in [5.41, 5.74) is 1.71. The Balaban J connectivity index is 2.53. The van der Waals surface area contributed by atoms with Crippen LogP contribution in [0.5, 0.6) is 5.75 Å². The van der Waals surface area contributed by atoms with Crippen molar-refractivity contribution in [3.8, 4) is 17.6 Å². The largest absolute Gasteiger partial charge is 0.452 e. The standard InChI is InChI=1S/C15H14O3/c1-10(2)8-9-11-6-5-7-12-13(11)14(16)18-15(3,4)17-12/h5-7H,1H2,2-4H3. The molecular weight excluding hydrogens is 228 g/mol. The van der Waals surface area contributed by atoms with E-state index < -0.39 is 11.8 Å². The van der Waals surface area contributed by atoms with E-state index in [9.17, 15) is 4.79 Å². The summed E-state index contributed by atoms with van der Waals surface area (Å²) in [5.74, 6) is 4.90. The van der Waals surface area contributed by atoms with Crippen LogP contribution in [0.15, 0.2) is 30.4 Å². The summed E-state index contributed by atoms with van der Waals surface area (Å²) in [6.45, 7) is 8.90. The average molecular weight is 242 g/mol. The SMILES string of the molecule is C=C(C)C#Cc1cccc2c1C(=O)OC(C)(C)O2. The van der Waals surface area contributed by atoms with E-state index in [1.165, 1.54) is 0 Å². The predicted octanol–water partition coefficient (Wildman–Crippen LogP) is 2.90. The molecule has 0 atom stereocenters. The number of ether oxygens (including phenoxy) is 2. The highest BCUT2D eigenvalue weighted by atomic mass is 16.7. The molecule has 0 unspecified atom stereocenters. The average Bonchev–Trinajstić information content (AvgIpc) is 2.23. The highest BCUT2D eigenvalue weighted by Gasteiger charge is 2.35. The molecule has 3 heteroatoms. The molecule has 3 nitrogen and oxygen atoms in total. The van der Waals surface area contributed by atoms with Crippen molar-refractivity contribution in [2.75, 3.05) is 0 Å². The zero-order valence-corrected chi connectivity index (χ0v) is 10.7. The van der Waals surface area contributed by atoms with Gasteiger partial charge < -0.3 is 9.47 Å². The molecule has 0 aromatic heterocycles. The molecular formula is C15H14O3. The Morgan fingerprint density at radius 2 is 2.06 bits per heavy atom. The number of rotatable bonds is 0. The topological polar surface area (TPSA) is 35.5 Å². The van der Waals surface area contributed by atoms with Gasteiger partial charge in [0, 0.05) is 19.4 Å². The molecule has 0 saturated heterocycles. The normalized spacial score (nSPS) is 15.6. The maximum atomic E-state index is 12.0. The first-order chi connectivity index (χ1) is 8.39. The Morgan fingerprint density at radius 3 is 2.72 bits per heavy atom. The number of fused-ring (bicyclic) bond motifs is 1. The molecule has 92 valence electrons. The lowest BCUT2D eigenvalue weighted by Gasteiger charge is -2.31. The highest BCUT2D eigenvalue weighted by Crippen LogP contribution is 2.32. The highest BCUT2D eigenvalue weighted by molar-refractivity contribution is 5.96. The number of benzene rings is 1. The van der Waals surface area contributed by atoms with Crippen molar-refractivity contribution >= 4 is 5.97 Å². The van der Waals surface area contributed by atoms with Crippen molar-refractivity contribution < 1.29 is 14.3 Å². The van der Waals surface area contributed by atoms with Crippen molar-refractivity contribution in [1.82, 2.24) is 0 Å². The Morgan fingerprint density at radius 1 is 1.33 bits per heavy atom. The summed E-state index contributed by atoms with van der Waals surface area (Å²) < 4.78 is 10.8. The minimum Gasteiger partial charge on any atom is -0.452 e. The third kappa shape index (κ3) is 2.38. The van der Waals surface area contributed by atoms with E-state index in [1.54, 1.807) is 39.0 Å². The van der Waals surface area contributed by atoms with Crippen LogP contribution in [0.25, 0.3) is 0 Å². The van der Waals surface area contributed by atoms with Crippen LogP contribution < -0.4 is 4.74 Å². The van der Waals surface area contributed by atoms with Crippen LogP contribution in [0.3, 0.4) is 0 Å². The first kappa shape index (κ1) is 12.3. The van der Waals surface area contributed by atoms with Gasteiger partial charge >= 0.3 is 5.97 Å². The van der Waals surface area contributed by atoms with Crippen molar-refractivity contribution in [2.24, 2.45) is 0 Å². The second-order valence-electron chi connectivity index (χ2n) is 4.60. The molecule has 1 aromatic rings. The van der Waals surface area contributed by atoms with Crippen LogP contribution >= 0.6 is 0 Å². The first-order valence-corrected chi connectivity index (χ1v) is 5.62. The monoisotopic (exact) mass is 242 g/mol. The molecule has 0 radical (unpaired) electrons. The Bertz CT molecular complexity index is 585. The summed E-state index contributed by atoms with van der Waals surface area (Å²) in [6, 6.07) is 5.30. The molecule has 2 rings (SSSR count). The van der Waals surface area contributed by atoms with Gasteiger partial charge in [0.2, 0.25) is 5.79 Å². The van der Waals surface area contributed by atoms with Crippen LogP contribution in [-0.4, -0.2) is 11.8 Å². The van der Waals surface area contributed by atoms with Gasteiger partial charge in [-0.15, -0.1) is 0 Å². The fourth-order valence-electron chi connectivity index (χ4n) is 1.66. The summed E-state index contributed by atoms with van der Waals surface area (Å²) in [6.07, 6.45) is 0. The molecule has 0 spiro atoms. The van der Waals surface area contributed by atoms with E-state index in [4.69, 9.17) is 9.47 Å². The van der Waals surface area contributed by atoms with Gasteiger partial charge in [-0.2, -0.15) is 0 Å². The van der Waals surface area contributed by atoms with Crippen LogP contribution in [0, 0.1) is 11.8 Å². The molecule has 0 aliphatic carbocycles. The van der Waals surface area contributed by atoms with Crippen molar-refractivity contribution in [3.63, 3.8) is 0 Å². The minimum absolute atomic E-state index is 0.380. The van der Waals surface area contributed by atoms with Gasteiger partial charge in [0.15, 0.2) is 0 Å². The maximum absolute atomic E-state index is 12.0. The molecule has 1 aromatic carbocycles. The van der Waals surface area contributed by atoms with Gasteiger partial charge in [-0.3, -0.25) is 0 Å². The van der Waals surface area contributed by atoms with Gasteiger partial charge in [-0.1, -0.05) is 24.5 Å². The molecule has 0 fully saturated rings. The molecule has 0 amide bonds. The van der Waals surface area contributed by atoms with Gasteiger partial charge in [0.25, 0.3) is 0 Å². The molecule has 0 bridgehead atoms. The second kappa shape index (κ2) is 4.23. The van der Waals surface area contributed by atoms with Crippen molar-refractivity contribution in [1.29, 1.82) is 0 Å². The summed E-state index contributed by atoms with van der Waals surface area (Å²) >= 11 is 0. The van der Waals surface area contributed by atoms with E-state index in [0.29, 0.717) is 16.9 Å². The van der Waals surface area contributed by atoms with Crippen LogP contribution in [0.4, 0.5) is 0 Å². The summed E-state index contributed by atoms with van der Waals surface area (Å²) in [4.78, 5) is 12.0. The van der Waals surface area contributed by atoms with Crippen LogP contribution in [0.1, 0.15) is 36.7 Å². The number of carbonyl (C=O) groups is 1. The molecule has 1 heterocycles. The molecule has 1 aliphatic rings.